The van der Waals surface area contributed by atoms with E-state index in [1.54, 1.807) is 0 Å². The number of hydrogen-bond acceptors (Lipinski definition) is 4. The van der Waals surface area contributed by atoms with E-state index in [2.05, 4.69) is 27.3 Å². The van der Waals surface area contributed by atoms with Gasteiger partial charge in [0.05, 0.1) is 13.2 Å². The molecule has 5 nitrogen and oxygen atoms in total. The highest BCUT2D eigenvalue weighted by Crippen LogP contribution is 2.17. The van der Waals surface area contributed by atoms with Gasteiger partial charge in [0, 0.05) is 38.0 Å². The lowest BCUT2D eigenvalue weighted by Crippen LogP contribution is -2.37. The molecule has 96 valence electrons. The van der Waals surface area contributed by atoms with Crippen LogP contribution in [0.5, 0.6) is 0 Å². The molecule has 0 bridgehead atoms. The summed E-state index contributed by atoms with van der Waals surface area (Å²) >= 11 is 0. The number of aromatic nitrogens is 3. The van der Waals surface area contributed by atoms with Crippen LogP contribution in [0.3, 0.4) is 0 Å². The van der Waals surface area contributed by atoms with Gasteiger partial charge in [0.1, 0.15) is 17.3 Å². The second kappa shape index (κ2) is 4.94. The van der Waals surface area contributed by atoms with E-state index in [4.69, 9.17) is 9.72 Å². The smallest absolute Gasteiger partial charge is 0.141 e. The van der Waals surface area contributed by atoms with E-state index in [1.807, 2.05) is 12.4 Å². The molecule has 1 aliphatic rings. The first kappa shape index (κ1) is 11.5. The van der Waals surface area contributed by atoms with Crippen LogP contribution in [0, 0.1) is 0 Å². The lowest BCUT2D eigenvalue weighted by Gasteiger charge is -2.28. The van der Waals surface area contributed by atoms with E-state index in [0.717, 1.165) is 56.4 Å². The van der Waals surface area contributed by atoms with Crippen molar-refractivity contribution in [1.29, 1.82) is 0 Å². The summed E-state index contributed by atoms with van der Waals surface area (Å²) in [6.07, 6.45) is 5.88. The van der Waals surface area contributed by atoms with Crippen LogP contribution >= 0.6 is 0 Å². The summed E-state index contributed by atoms with van der Waals surface area (Å²) in [5, 5.41) is 0. The number of nitrogens with zero attached hydrogens (tertiary/aromatic N) is 4. The molecule has 2 aromatic rings. The molecule has 0 radical (unpaired) electrons. The average Bonchev–Trinajstić information content (AvgIpc) is 2.88. The van der Waals surface area contributed by atoms with Crippen LogP contribution in [0.4, 0.5) is 5.82 Å². The van der Waals surface area contributed by atoms with E-state index in [-0.39, 0.29) is 0 Å². The minimum Gasteiger partial charge on any atom is -0.378 e. The summed E-state index contributed by atoms with van der Waals surface area (Å²) in [7, 11) is 0. The van der Waals surface area contributed by atoms with Crippen LogP contribution in [0.2, 0.25) is 0 Å². The first-order valence-electron chi connectivity index (χ1n) is 6.54. The van der Waals surface area contributed by atoms with Crippen molar-refractivity contribution in [2.45, 2.75) is 19.8 Å². The van der Waals surface area contributed by atoms with Gasteiger partial charge in [-0.05, 0) is 6.42 Å². The van der Waals surface area contributed by atoms with E-state index in [9.17, 15) is 0 Å². The fourth-order valence-corrected chi connectivity index (χ4v) is 2.33. The highest BCUT2D eigenvalue weighted by atomic mass is 16.5. The average molecular weight is 246 g/mol. The highest BCUT2D eigenvalue weighted by Gasteiger charge is 2.15. The summed E-state index contributed by atoms with van der Waals surface area (Å²) in [5.41, 5.74) is 0.981. The topological polar surface area (TPSA) is 42.7 Å². The third-order valence-corrected chi connectivity index (χ3v) is 3.26. The predicted molar refractivity (Wildman–Crippen MR) is 70.0 cm³/mol. The number of rotatable bonds is 3. The molecule has 1 aliphatic heterocycles. The molecule has 18 heavy (non-hydrogen) atoms. The number of imidazole rings is 1. The summed E-state index contributed by atoms with van der Waals surface area (Å²) in [6.45, 7) is 5.56. The standard InChI is InChI=1S/C13H18N4O/c1-2-3-11-15-13(16-6-8-18-9-7-16)10-12-14-4-5-17(11)12/h4-5,10H,2-3,6-9H2,1H3. The minimum atomic E-state index is 0.782. The molecule has 1 fully saturated rings. The summed E-state index contributed by atoms with van der Waals surface area (Å²) in [5.74, 6) is 2.12. The number of morpholine rings is 1. The van der Waals surface area contributed by atoms with E-state index < -0.39 is 0 Å². The second-order valence-electron chi connectivity index (χ2n) is 4.54. The molecule has 0 unspecified atom stereocenters. The fourth-order valence-electron chi connectivity index (χ4n) is 2.33. The molecule has 1 saturated heterocycles. The Morgan fingerprint density at radius 1 is 1.33 bits per heavy atom. The quantitative estimate of drug-likeness (QED) is 0.823. The Labute approximate surface area is 106 Å². The molecular formula is C13H18N4O. The SMILES string of the molecule is CCCc1nc(N2CCOCC2)cc2nccn12. The number of aryl methyl sites for hydroxylation is 1. The van der Waals surface area contributed by atoms with E-state index >= 15 is 0 Å². The van der Waals surface area contributed by atoms with Crippen molar-refractivity contribution in [3.05, 3.63) is 24.3 Å². The van der Waals surface area contributed by atoms with Crippen molar-refractivity contribution in [2.75, 3.05) is 31.2 Å². The van der Waals surface area contributed by atoms with Crippen LogP contribution in [0.1, 0.15) is 19.2 Å². The molecule has 2 aromatic heterocycles. The zero-order valence-corrected chi connectivity index (χ0v) is 10.7. The Balaban J connectivity index is 2.00. The number of fused-ring (bicyclic) bond motifs is 1. The molecule has 3 heterocycles. The Morgan fingerprint density at radius 2 is 2.17 bits per heavy atom. The van der Waals surface area contributed by atoms with Crippen molar-refractivity contribution in [3.8, 4) is 0 Å². The van der Waals surface area contributed by atoms with Gasteiger partial charge in [0.2, 0.25) is 0 Å². The van der Waals surface area contributed by atoms with Crippen LogP contribution in [0.15, 0.2) is 18.5 Å². The Bertz CT molecular complexity index is 531. The lowest BCUT2D eigenvalue weighted by molar-refractivity contribution is 0.122. The van der Waals surface area contributed by atoms with Crippen LogP contribution in [0.25, 0.3) is 5.65 Å². The third kappa shape index (κ3) is 2.06. The van der Waals surface area contributed by atoms with Gasteiger partial charge in [-0.25, -0.2) is 9.97 Å². The largest absolute Gasteiger partial charge is 0.378 e. The van der Waals surface area contributed by atoms with Gasteiger partial charge in [-0.3, -0.25) is 4.40 Å². The Kier molecular flexibility index (Phi) is 3.15. The van der Waals surface area contributed by atoms with Gasteiger partial charge < -0.3 is 9.64 Å². The lowest BCUT2D eigenvalue weighted by atomic mass is 10.3. The number of ether oxygens (including phenoxy) is 1. The molecule has 5 heteroatoms. The second-order valence-corrected chi connectivity index (χ2v) is 4.54. The van der Waals surface area contributed by atoms with Gasteiger partial charge in [-0.2, -0.15) is 0 Å². The maximum Gasteiger partial charge on any atom is 0.141 e. The summed E-state index contributed by atoms with van der Waals surface area (Å²) < 4.78 is 7.46. The van der Waals surface area contributed by atoms with Gasteiger partial charge in [-0.15, -0.1) is 0 Å². The van der Waals surface area contributed by atoms with Crippen molar-refractivity contribution in [3.63, 3.8) is 0 Å². The summed E-state index contributed by atoms with van der Waals surface area (Å²) in [4.78, 5) is 11.4. The zero-order chi connectivity index (χ0) is 12.4. The Hall–Kier alpha value is -1.62. The molecule has 3 rings (SSSR count). The van der Waals surface area contributed by atoms with Crippen molar-refractivity contribution in [1.82, 2.24) is 14.4 Å². The van der Waals surface area contributed by atoms with Crippen LogP contribution in [-0.2, 0) is 11.2 Å². The molecule has 0 aromatic carbocycles. The van der Waals surface area contributed by atoms with Gasteiger partial charge in [-0.1, -0.05) is 6.92 Å². The normalized spacial score (nSPS) is 16.4. The molecule has 0 spiro atoms. The van der Waals surface area contributed by atoms with Crippen molar-refractivity contribution in [2.24, 2.45) is 0 Å². The molecule has 0 amide bonds. The van der Waals surface area contributed by atoms with Gasteiger partial charge in [0.15, 0.2) is 0 Å². The maximum absolute atomic E-state index is 5.38. The first-order valence-corrected chi connectivity index (χ1v) is 6.54. The summed E-state index contributed by atoms with van der Waals surface area (Å²) in [6, 6.07) is 2.06. The predicted octanol–water partition coefficient (Wildman–Crippen LogP) is 1.52. The van der Waals surface area contributed by atoms with Crippen LogP contribution < -0.4 is 4.90 Å². The number of hydrogen-bond donors (Lipinski definition) is 0. The zero-order valence-electron chi connectivity index (χ0n) is 10.7. The molecular weight excluding hydrogens is 228 g/mol. The van der Waals surface area contributed by atoms with Crippen molar-refractivity contribution >= 4 is 11.5 Å². The molecule has 0 atom stereocenters. The molecule has 0 saturated carbocycles. The monoisotopic (exact) mass is 246 g/mol. The Morgan fingerprint density at radius 3 is 2.94 bits per heavy atom. The van der Waals surface area contributed by atoms with Crippen LogP contribution in [-0.4, -0.2) is 40.7 Å². The first-order chi connectivity index (χ1) is 8.88. The maximum atomic E-state index is 5.38. The van der Waals surface area contributed by atoms with E-state index in [0.29, 0.717) is 0 Å². The number of anilines is 1. The van der Waals surface area contributed by atoms with Gasteiger partial charge >= 0.3 is 0 Å². The molecule has 0 aliphatic carbocycles. The third-order valence-electron chi connectivity index (χ3n) is 3.26. The highest BCUT2D eigenvalue weighted by molar-refractivity contribution is 5.52. The van der Waals surface area contributed by atoms with E-state index in [1.165, 1.54) is 0 Å². The van der Waals surface area contributed by atoms with Gasteiger partial charge in [0.25, 0.3) is 0 Å². The van der Waals surface area contributed by atoms with Crippen molar-refractivity contribution < 1.29 is 4.74 Å². The molecule has 0 N–H and O–H groups in total. The minimum absolute atomic E-state index is 0.782. The fraction of sp³-hybridized carbons (Fsp3) is 0.538.